The number of carbonyl (C=O) groups excluding carboxylic acids is 1. The van der Waals surface area contributed by atoms with Crippen LogP contribution in [0, 0.1) is 6.92 Å². The SMILES string of the molecule is COc1cc(C(=O)Nc2c(C)cccc2C(C)C)c(N(Cc2ccc(Cl)cc2)S(C)(=O)=O)cc1OC. The van der Waals surface area contributed by atoms with Crippen molar-refractivity contribution in [1.29, 1.82) is 0 Å². The van der Waals surface area contributed by atoms with Gasteiger partial charge in [-0.1, -0.05) is 55.8 Å². The van der Waals surface area contributed by atoms with Gasteiger partial charge in [0, 0.05) is 16.8 Å². The van der Waals surface area contributed by atoms with Crippen molar-refractivity contribution in [3.63, 3.8) is 0 Å². The highest BCUT2D eigenvalue weighted by Crippen LogP contribution is 2.38. The maximum absolute atomic E-state index is 13.7. The monoisotopic (exact) mass is 530 g/mol. The number of methoxy groups -OCH3 is 2. The fourth-order valence-corrected chi connectivity index (χ4v) is 4.93. The smallest absolute Gasteiger partial charge is 0.257 e. The topological polar surface area (TPSA) is 84.9 Å². The van der Waals surface area contributed by atoms with Crippen molar-refractivity contribution in [3.05, 3.63) is 81.9 Å². The fraction of sp³-hybridized carbons (Fsp3) is 0.296. The van der Waals surface area contributed by atoms with E-state index in [1.54, 1.807) is 24.3 Å². The average Bonchev–Trinajstić information content (AvgIpc) is 2.83. The van der Waals surface area contributed by atoms with Gasteiger partial charge in [0.1, 0.15) is 0 Å². The Morgan fingerprint density at radius 3 is 2.19 bits per heavy atom. The minimum Gasteiger partial charge on any atom is -0.493 e. The predicted octanol–water partition coefficient (Wildman–Crippen LogP) is 6.01. The first kappa shape index (κ1) is 27.4. The number of carbonyl (C=O) groups is 1. The standard InChI is InChI=1S/C27H31ClN2O5S/c1-17(2)21-9-7-8-18(3)26(21)29-27(31)22-14-24(34-4)25(35-5)15-23(22)30(36(6,32)33)16-19-10-12-20(28)13-11-19/h7-15,17H,16H2,1-6H3,(H,29,31). The van der Waals surface area contributed by atoms with Crippen LogP contribution in [0.3, 0.4) is 0 Å². The molecule has 0 radical (unpaired) electrons. The quantitative estimate of drug-likeness (QED) is 0.366. The van der Waals surface area contributed by atoms with E-state index in [0.717, 1.165) is 17.4 Å². The highest BCUT2D eigenvalue weighted by molar-refractivity contribution is 7.92. The maximum atomic E-state index is 13.7. The molecule has 36 heavy (non-hydrogen) atoms. The van der Waals surface area contributed by atoms with E-state index >= 15 is 0 Å². The molecule has 3 aromatic carbocycles. The Morgan fingerprint density at radius 1 is 1.03 bits per heavy atom. The first-order valence-corrected chi connectivity index (χ1v) is 13.6. The Kier molecular flexibility index (Phi) is 8.53. The van der Waals surface area contributed by atoms with Crippen LogP contribution in [0.2, 0.25) is 5.02 Å². The summed E-state index contributed by atoms with van der Waals surface area (Å²) < 4.78 is 38.0. The van der Waals surface area contributed by atoms with Crippen molar-refractivity contribution in [1.82, 2.24) is 0 Å². The summed E-state index contributed by atoms with van der Waals surface area (Å²) in [7, 11) is -0.896. The molecule has 0 aliphatic carbocycles. The number of halogens is 1. The molecular weight excluding hydrogens is 500 g/mol. The van der Waals surface area contributed by atoms with Crippen LogP contribution in [-0.4, -0.2) is 34.8 Å². The number of sulfonamides is 1. The average molecular weight is 531 g/mol. The molecule has 3 rings (SSSR count). The Morgan fingerprint density at radius 2 is 1.64 bits per heavy atom. The molecule has 1 N–H and O–H groups in total. The van der Waals surface area contributed by atoms with Crippen molar-refractivity contribution in [2.24, 2.45) is 0 Å². The number of hydrogen-bond donors (Lipinski definition) is 1. The van der Waals surface area contributed by atoms with Gasteiger partial charge >= 0.3 is 0 Å². The van der Waals surface area contributed by atoms with Gasteiger partial charge in [0.2, 0.25) is 10.0 Å². The zero-order valence-corrected chi connectivity index (χ0v) is 22.8. The Hall–Kier alpha value is -3.23. The second-order valence-electron chi connectivity index (χ2n) is 8.77. The van der Waals surface area contributed by atoms with Gasteiger partial charge in [0.25, 0.3) is 5.91 Å². The highest BCUT2D eigenvalue weighted by atomic mass is 35.5. The minimum absolute atomic E-state index is 0.00657. The van der Waals surface area contributed by atoms with Crippen LogP contribution in [0.5, 0.6) is 11.5 Å². The zero-order chi connectivity index (χ0) is 26.6. The van der Waals surface area contributed by atoms with E-state index in [1.807, 2.05) is 39.0 Å². The van der Waals surface area contributed by atoms with Crippen molar-refractivity contribution < 1.29 is 22.7 Å². The van der Waals surface area contributed by atoms with Gasteiger partial charge in [-0.05, 0) is 47.7 Å². The molecule has 3 aromatic rings. The lowest BCUT2D eigenvalue weighted by molar-refractivity contribution is 0.102. The van der Waals surface area contributed by atoms with Crippen molar-refractivity contribution in [2.45, 2.75) is 33.2 Å². The number of hydrogen-bond acceptors (Lipinski definition) is 5. The molecule has 0 aliphatic rings. The molecule has 0 aromatic heterocycles. The molecule has 0 aliphatic heterocycles. The Bertz CT molecular complexity index is 1360. The maximum Gasteiger partial charge on any atom is 0.257 e. The molecular formula is C27H31ClN2O5S. The first-order chi connectivity index (χ1) is 17.0. The van der Waals surface area contributed by atoms with Gasteiger partial charge in [-0.15, -0.1) is 0 Å². The van der Waals surface area contributed by atoms with Crippen molar-refractivity contribution in [3.8, 4) is 11.5 Å². The molecule has 0 spiro atoms. The van der Waals surface area contributed by atoms with Crippen LogP contribution < -0.4 is 19.1 Å². The van der Waals surface area contributed by atoms with Gasteiger partial charge in [-0.2, -0.15) is 0 Å². The number of para-hydroxylation sites is 1. The van der Waals surface area contributed by atoms with Crippen LogP contribution >= 0.6 is 11.6 Å². The third-order valence-corrected chi connectivity index (χ3v) is 7.20. The Balaban J connectivity index is 2.18. The second kappa shape index (κ2) is 11.2. The van der Waals surface area contributed by atoms with Gasteiger partial charge in [0.05, 0.1) is 38.3 Å². The molecule has 0 bridgehead atoms. The predicted molar refractivity (Wildman–Crippen MR) is 145 cm³/mol. The van der Waals surface area contributed by atoms with E-state index in [4.69, 9.17) is 21.1 Å². The summed E-state index contributed by atoms with van der Waals surface area (Å²) in [5.41, 5.74) is 3.57. The van der Waals surface area contributed by atoms with E-state index in [1.165, 1.54) is 30.7 Å². The van der Waals surface area contributed by atoms with E-state index < -0.39 is 15.9 Å². The molecule has 0 unspecified atom stereocenters. The first-order valence-electron chi connectivity index (χ1n) is 11.3. The van der Waals surface area contributed by atoms with Crippen molar-refractivity contribution in [2.75, 3.05) is 30.1 Å². The van der Waals surface area contributed by atoms with Crippen LogP contribution in [0.25, 0.3) is 0 Å². The number of ether oxygens (including phenoxy) is 2. The molecule has 0 saturated heterocycles. The van der Waals surface area contributed by atoms with Crippen LogP contribution in [0.1, 0.15) is 46.8 Å². The molecule has 0 fully saturated rings. The van der Waals surface area contributed by atoms with Crippen LogP contribution in [0.15, 0.2) is 54.6 Å². The number of nitrogens with zero attached hydrogens (tertiary/aromatic N) is 1. The number of anilines is 2. The van der Waals surface area contributed by atoms with Crippen LogP contribution in [-0.2, 0) is 16.6 Å². The number of aryl methyl sites for hydroxylation is 1. The third kappa shape index (κ3) is 6.12. The van der Waals surface area contributed by atoms with Gasteiger partial charge in [-0.25, -0.2) is 8.42 Å². The second-order valence-corrected chi connectivity index (χ2v) is 11.1. The summed E-state index contributed by atoms with van der Waals surface area (Å²) in [6, 6.07) is 15.7. The lowest BCUT2D eigenvalue weighted by Crippen LogP contribution is -2.31. The molecule has 192 valence electrons. The largest absolute Gasteiger partial charge is 0.493 e. The van der Waals surface area contributed by atoms with Gasteiger partial charge in [0.15, 0.2) is 11.5 Å². The van der Waals surface area contributed by atoms with Crippen LogP contribution in [0.4, 0.5) is 11.4 Å². The molecule has 1 amide bonds. The van der Waals surface area contributed by atoms with Crippen molar-refractivity contribution >= 4 is 38.9 Å². The molecule has 0 saturated carbocycles. The number of benzene rings is 3. The molecule has 0 atom stereocenters. The number of nitrogens with one attached hydrogen (secondary N) is 1. The Labute approximate surface area is 218 Å². The molecule has 7 nitrogen and oxygen atoms in total. The normalized spacial score (nSPS) is 11.3. The summed E-state index contributed by atoms with van der Waals surface area (Å²) in [5.74, 6) is 0.308. The summed E-state index contributed by atoms with van der Waals surface area (Å²) in [6.45, 7) is 6.00. The minimum atomic E-state index is -3.81. The van der Waals surface area contributed by atoms with E-state index in [-0.39, 0.29) is 23.7 Å². The van der Waals surface area contributed by atoms with E-state index in [2.05, 4.69) is 5.32 Å². The highest BCUT2D eigenvalue weighted by Gasteiger charge is 2.27. The fourth-order valence-electron chi connectivity index (χ4n) is 3.92. The van der Waals surface area contributed by atoms with E-state index in [0.29, 0.717) is 27.8 Å². The number of rotatable bonds is 9. The summed E-state index contributed by atoms with van der Waals surface area (Å²) >= 11 is 6.00. The molecule has 9 heteroatoms. The van der Waals surface area contributed by atoms with E-state index in [9.17, 15) is 13.2 Å². The summed E-state index contributed by atoms with van der Waals surface area (Å²) in [4.78, 5) is 13.7. The summed E-state index contributed by atoms with van der Waals surface area (Å²) in [5, 5.41) is 3.55. The lowest BCUT2D eigenvalue weighted by Gasteiger charge is -2.26. The number of amides is 1. The zero-order valence-electron chi connectivity index (χ0n) is 21.3. The van der Waals surface area contributed by atoms with Gasteiger partial charge in [-0.3, -0.25) is 9.10 Å². The molecule has 0 heterocycles. The third-order valence-electron chi connectivity index (χ3n) is 5.82. The lowest BCUT2D eigenvalue weighted by atomic mass is 9.98. The van der Waals surface area contributed by atoms with Gasteiger partial charge < -0.3 is 14.8 Å². The summed E-state index contributed by atoms with van der Waals surface area (Å²) in [6.07, 6.45) is 1.10.